The molecule has 1 aromatic rings. The molecule has 0 aromatic heterocycles. The van der Waals surface area contributed by atoms with Crippen molar-refractivity contribution in [1.29, 1.82) is 0 Å². The molecule has 6 nitrogen and oxygen atoms in total. The van der Waals surface area contributed by atoms with Crippen molar-refractivity contribution in [2.75, 3.05) is 36.0 Å². The van der Waals surface area contributed by atoms with Gasteiger partial charge in [0.25, 0.3) is 0 Å². The van der Waals surface area contributed by atoms with Crippen molar-refractivity contribution in [3.05, 3.63) is 24.0 Å². The van der Waals surface area contributed by atoms with Gasteiger partial charge in [0, 0.05) is 20.0 Å². The van der Waals surface area contributed by atoms with Crippen LogP contribution in [0, 0.1) is 17.7 Å². The molecule has 1 N–H and O–H groups in total. The average Bonchev–Trinajstić information content (AvgIpc) is 2.97. The number of ether oxygens (including phenoxy) is 1. The Balaban J connectivity index is 1.45. The number of halogens is 1. The van der Waals surface area contributed by atoms with E-state index in [1.54, 1.807) is 12.1 Å². The standard InChI is InChI=1S/C17H20FN3O3/c1-10(22)19-6-14-9-21(17(23)24-14)13-2-3-16(15(18)5-13)20-7-11-4-12(11)8-20/h2-3,5,11-12,14H,4,6-9H2,1H3,(H,19,22)/t11-,12+,14-/m0/s1. The molecule has 1 saturated carbocycles. The van der Waals surface area contributed by atoms with Gasteiger partial charge in [-0.3, -0.25) is 9.69 Å². The van der Waals surface area contributed by atoms with E-state index in [0.29, 0.717) is 17.9 Å². The summed E-state index contributed by atoms with van der Waals surface area (Å²) in [5.41, 5.74) is 1.09. The van der Waals surface area contributed by atoms with E-state index in [1.165, 1.54) is 24.3 Å². The maximum absolute atomic E-state index is 14.5. The molecule has 2 heterocycles. The third-order valence-electron chi connectivity index (χ3n) is 5.02. The zero-order valence-corrected chi connectivity index (χ0v) is 13.5. The van der Waals surface area contributed by atoms with Crippen LogP contribution < -0.4 is 15.1 Å². The van der Waals surface area contributed by atoms with Crippen molar-refractivity contribution in [2.45, 2.75) is 19.4 Å². The second-order valence-corrected chi connectivity index (χ2v) is 6.85. The quantitative estimate of drug-likeness (QED) is 0.912. The Morgan fingerprint density at radius 1 is 1.33 bits per heavy atom. The largest absolute Gasteiger partial charge is 0.442 e. The first-order valence-electron chi connectivity index (χ1n) is 8.28. The van der Waals surface area contributed by atoms with E-state index in [9.17, 15) is 14.0 Å². The Hall–Kier alpha value is -2.31. The van der Waals surface area contributed by atoms with Gasteiger partial charge in [0.1, 0.15) is 11.9 Å². The molecule has 128 valence electrons. The van der Waals surface area contributed by atoms with Crippen LogP contribution in [0.2, 0.25) is 0 Å². The molecule has 0 radical (unpaired) electrons. The highest BCUT2D eigenvalue weighted by Crippen LogP contribution is 2.46. The van der Waals surface area contributed by atoms with Crippen LogP contribution in [0.15, 0.2) is 18.2 Å². The number of carbonyl (C=O) groups excluding carboxylic acids is 2. The van der Waals surface area contributed by atoms with Crippen LogP contribution in [0.25, 0.3) is 0 Å². The Labute approximate surface area is 139 Å². The molecule has 0 spiro atoms. The van der Waals surface area contributed by atoms with Gasteiger partial charge in [-0.2, -0.15) is 0 Å². The number of anilines is 2. The summed E-state index contributed by atoms with van der Waals surface area (Å²) >= 11 is 0. The summed E-state index contributed by atoms with van der Waals surface area (Å²) in [5.74, 6) is 0.967. The summed E-state index contributed by atoms with van der Waals surface area (Å²) in [4.78, 5) is 26.4. The first-order valence-corrected chi connectivity index (χ1v) is 8.28. The van der Waals surface area contributed by atoms with E-state index in [4.69, 9.17) is 4.74 Å². The smallest absolute Gasteiger partial charge is 0.414 e. The summed E-state index contributed by atoms with van der Waals surface area (Å²) in [5, 5.41) is 2.62. The lowest BCUT2D eigenvalue weighted by molar-refractivity contribution is -0.119. The van der Waals surface area contributed by atoms with Crippen LogP contribution in [0.1, 0.15) is 13.3 Å². The number of nitrogens with zero attached hydrogens (tertiary/aromatic N) is 2. The lowest BCUT2D eigenvalue weighted by Gasteiger charge is -2.22. The van der Waals surface area contributed by atoms with Crippen LogP contribution in [-0.2, 0) is 9.53 Å². The van der Waals surface area contributed by atoms with Gasteiger partial charge >= 0.3 is 6.09 Å². The van der Waals surface area contributed by atoms with Gasteiger partial charge in [-0.15, -0.1) is 0 Å². The third kappa shape index (κ3) is 2.79. The summed E-state index contributed by atoms with van der Waals surface area (Å²) in [6.07, 6.45) is 0.334. The highest BCUT2D eigenvalue weighted by Gasteiger charge is 2.45. The zero-order chi connectivity index (χ0) is 16.8. The second kappa shape index (κ2) is 5.65. The van der Waals surface area contributed by atoms with Crippen LogP contribution in [0.5, 0.6) is 0 Å². The minimum atomic E-state index is -0.514. The molecule has 0 unspecified atom stereocenters. The normalized spacial score (nSPS) is 27.9. The van der Waals surface area contributed by atoms with Crippen LogP contribution in [-0.4, -0.2) is 44.3 Å². The van der Waals surface area contributed by atoms with Crippen molar-refractivity contribution in [2.24, 2.45) is 11.8 Å². The minimum absolute atomic E-state index is 0.177. The number of amides is 2. The fourth-order valence-electron chi connectivity index (χ4n) is 3.61. The monoisotopic (exact) mass is 333 g/mol. The summed E-state index contributed by atoms with van der Waals surface area (Å²) < 4.78 is 19.7. The number of piperidine rings is 1. The van der Waals surface area contributed by atoms with Crippen LogP contribution in [0.4, 0.5) is 20.6 Å². The SMILES string of the molecule is CC(=O)NC[C@H]1CN(c2ccc(N3C[C@H]4C[C@H]4C3)c(F)c2)C(=O)O1. The highest BCUT2D eigenvalue weighted by atomic mass is 19.1. The minimum Gasteiger partial charge on any atom is -0.442 e. The maximum atomic E-state index is 14.5. The first kappa shape index (κ1) is 15.2. The van der Waals surface area contributed by atoms with E-state index in [-0.39, 0.29) is 18.3 Å². The Morgan fingerprint density at radius 2 is 2.08 bits per heavy atom. The number of benzene rings is 1. The molecule has 3 aliphatic rings. The zero-order valence-electron chi connectivity index (χ0n) is 13.5. The third-order valence-corrected chi connectivity index (χ3v) is 5.02. The summed E-state index contributed by atoms with van der Waals surface area (Å²) in [6.45, 7) is 3.81. The summed E-state index contributed by atoms with van der Waals surface area (Å²) in [7, 11) is 0. The van der Waals surface area contributed by atoms with E-state index >= 15 is 0 Å². The molecular formula is C17H20FN3O3. The van der Waals surface area contributed by atoms with Gasteiger partial charge in [0.2, 0.25) is 5.91 Å². The van der Waals surface area contributed by atoms with E-state index in [2.05, 4.69) is 10.2 Å². The molecule has 3 atom stereocenters. The molecule has 2 aliphatic heterocycles. The Morgan fingerprint density at radius 3 is 2.75 bits per heavy atom. The number of cyclic esters (lactones) is 1. The molecule has 3 fully saturated rings. The number of hydrogen-bond acceptors (Lipinski definition) is 4. The molecule has 2 saturated heterocycles. The number of fused-ring (bicyclic) bond motifs is 1. The number of carbonyl (C=O) groups is 2. The van der Waals surface area contributed by atoms with Gasteiger partial charge in [0.05, 0.1) is 24.5 Å². The second-order valence-electron chi connectivity index (χ2n) is 6.85. The fraction of sp³-hybridized carbons (Fsp3) is 0.529. The van der Waals surface area contributed by atoms with Gasteiger partial charge in [-0.25, -0.2) is 9.18 Å². The van der Waals surface area contributed by atoms with E-state index in [0.717, 1.165) is 24.9 Å². The fourth-order valence-corrected chi connectivity index (χ4v) is 3.61. The Kier molecular flexibility index (Phi) is 3.58. The molecule has 2 amide bonds. The molecular weight excluding hydrogens is 313 g/mol. The lowest BCUT2D eigenvalue weighted by atomic mass is 10.2. The first-order chi connectivity index (χ1) is 11.5. The molecule has 7 heteroatoms. The molecule has 0 bridgehead atoms. The molecule has 1 aliphatic carbocycles. The molecule has 1 aromatic carbocycles. The van der Waals surface area contributed by atoms with E-state index in [1.807, 2.05) is 0 Å². The number of nitrogens with one attached hydrogen (secondary N) is 1. The van der Waals surface area contributed by atoms with Gasteiger partial charge in [-0.1, -0.05) is 0 Å². The van der Waals surface area contributed by atoms with Crippen molar-refractivity contribution < 1.29 is 18.7 Å². The van der Waals surface area contributed by atoms with Gasteiger partial charge < -0.3 is 15.0 Å². The average molecular weight is 333 g/mol. The molecule has 24 heavy (non-hydrogen) atoms. The topological polar surface area (TPSA) is 61.9 Å². The van der Waals surface area contributed by atoms with E-state index < -0.39 is 12.2 Å². The van der Waals surface area contributed by atoms with Crippen molar-refractivity contribution >= 4 is 23.4 Å². The predicted molar refractivity (Wildman–Crippen MR) is 86.5 cm³/mol. The van der Waals surface area contributed by atoms with Crippen molar-refractivity contribution in [1.82, 2.24) is 5.32 Å². The van der Waals surface area contributed by atoms with Crippen LogP contribution >= 0.6 is 0 Å². The highest BCUT2D eigenvalue weighted by molar-refractivity contribution is 5.90. The lowest BCUT2D eigenvalue weighted by Crippen LogP contribution is -2.33. The van der Waals surface area contributed by atoms with Crippen molar-refractivity contribution in [3.63, 3.8) is 0 Å². The molecule has 4 rings (SSSR count). The number of rotatable bonds is 4. The van der Waals surface area contributed by atoms with Gasteiger partial charge in [0.15, 0.2) is 0 Å². The predicted octanol–water partition coefficient (Wildman–Crippen LogP) is 1.74. The number of hydrogen-bond donors (Lipinski definition) is 1. The summed E-state index contributed by atoms with van der Waals surface area (Å²) in [6, 6.07) is 4.88. The Bertz CT molecular complexity index is 686. The maximum Gasteiger partial charge on any atom is 0.414 e. The van der Waals surface area contributed by atoms with Gasteiger partial charge in [-0.05, 0) is 36.5 Å². The van der Waals surface area contributed by atoms with Crippen LogP contribution in [0.3, 0.4) is 0 Å². The van der Waals surface area contributed by atoms with Crippen molar-refractivity contribution in [3.8, 4) is 0 Å².